The Bertz CT molecular complexity index is 323. The number of amides is 2. The Kier molecular flexibility index (Phi) is 5.73. The van der Waals surface area contributed by atoms with Crippen LogP contribution >= 0.6 is 0 Å². The minimum absolute atomic E-state index is 1.40. The summed E-state index contributed by atoms with van der Waals surface area (Å²) in [5, 5.41) is 17.3. The highest BCUT2D eigenvalue weighted by Crippen LogP contribution is 2.06. The number of carbonyl (C=O) groups is 2. The predicted octanol–water partition coefficient (Wildman–Crippen LogP) is -3.88. The highest BCUT2D eigenvalue weighted by molar-refractivity contribution is 5.90. The molecule has 0 aromatic carbocycles. The largest absolute Gasteiger partial charge is 0.298 e. The van der Waals surface area contributed by atoms with Gasteiger partial charge in [-0.1, -0.05) is 0 Å². The third kappa shape index (κ3) is 4.41. The zero-order chi connectivity index (χ0) is 14.3. The summed E-state index contributed by atoms with van der Waals surface area (Å²) in [6, 6.07) is 0. The van der Waals surface area contributed by atoms with Crippen molar-refractivity contribution in [3.63, 3.8) is 0 Å². The molecule has 0 heterocycles. The Hall–Kier alpha value is -2.74. The van der Waals surface area contributed by atoms with Crippen molar-refractivity contribution in [2.75, 3.05) is 0 Å². The molecule has 14 heteroatoms. The number of nitrogens with one attached hydrogen (secondary N) is 2. The number of carbonyl (C=O) groups excluding carboxylic acids is 2. The molecule has 0 rings (SSSR count). The molecule has 0 spiro atoms. The van der Waals surface area contributed by atoms with Crippen molar-refractivity contribution >= 4 is 11.8 Å². The van der Waals surface area contributed by atoms with Gasteiger partial charge in [-0.2, -0.15) is 0 Å². The Balaban J connectivity index is 5.17. The summed E-state index contributed by atoms with van der Waals surface area (Å²) in [6.45, 7) is 0. The Labute approximate surface area is 97.3 Å². The maximum Gasteiger partial charge on any atom is 0.295 e. The molecule has 0 saturated heterocycles. The van der Waals surface area contributed by atoms with Gasteiger partial charge in [0.2, 0.25) is 12.2 Å². The summed E-state index contributed by atoms with van der Waals surface area (Å²) in [5.74, 6) is 6.54. The van der Waals surface area contributed by atoms with Crippen LogP contribution in [0.5, 0.6) is 0 Å². The normalized spacial score (nSPS) is 12.8. The molecule has 0 bridgehead atoms. The molecule has 0 aliphatic carbocycles. The molecule has 0 aromatic rings. The Morgan fingerprint density at radius 1 is 0.944 bits per heavy atom. The van der Waals surface area contributed by atoms with Crippen molar-refractivity contribution in [3.8, 4) is 0 Å². The molecular formula is C4H8N6O8. The van der Waals surface area contributed by atoms with E-state index in [-0.39, 0.29) is 0 Å². The van der Waals surface area contributed by atoms with E-state index in [2.05, 4.69) is 21.4 Å². The van der Waals surface area contributed by atoms with Gasteiger partial charge < -0.3 is 0 Å². The molecule has 0 aromatic heterocycles. The second kappa shape index (κ2) is 6.76. The van der Waals surface area contributed by atoms with E-state index in [0.29, 0.717) is 0 Å². The van der Waals surface area contributed by atoms with E-state index in [1.54, 1.807) is 0 Å². The quantitative estimate of drug-likeness (QED) is 0.152. The minimum Gasteiger partial charge on any atom is -0.298 e. The monoisotopic (exact) mass is 268 g/mol. The summed E-state index contributed by atoms with van der Waals surface area (Å²) in [7, 11) is 0. The zero-order valence-corrected chi connectivity index (χ0v) is 8.47. The van der Waals surface area contributed by atoms with Crippen molar-refractivity contribution in [2.45, 2.75) is 12.2 Å². The summed E-state index contributed by atoms with van der Waals surface area (Å²) in [6.07, 6.45) is -4.61. The fourth-order valence-corrected chi connectivity index (χ4v) is 0.831. The highest BCUT2D eigenvalue weighted by Gasteiger charge is 2.39. The van der Waals surface area contributed by atoms with Crippen molar-refractivity contribution < 1.29 is 29.4 Å². The highest BCUT2D eigenvalue weighted by atomic mass is 17.0. The van der Waals surface area contributed by atoms with Gasteiger partial charge in [0.15, 0.2) is 0 Å². The minimum atomic E-state index is -2.31. The first kappa shape index (κ1) is 15.3. The van der Waals surface area contributed by atoms with Crippen LogP contribution in [0.3, 0.4) is 0 Å². The van der Waals surface area contributed by atoms with Gasteiger partial charge in [-0.15, -0.1) is 20.2 Å². The van der Waals surface area contributed by atoms with Crippen LogP contribution in [0.1, 0.15) is 0 Å². The van der Waals surface area contributed by atoms with E-state index < -0.39 is 34.2 Å². The molecule has 0 radical (unpaired) electrons. The van der Waals surface area contributed by atoms with Crippen molar-refractivity contribution in [3.05, 3.63) is 20.2 Å². The lowest BCUT2D eigenvalue weighted by Crippen LogP contribution is -2.55. The molecule has 18 heavy (non-hydrogen) atoms. The van der Waals surface area contributed by atoms with Crippen LogP contribution in [-0.2, 0) is 19.3 Å². The van der Waals surface area contributed by atoms with Crippen LogP contribution in [0.4, 0.5) is 0 Å². The van der Waals surface area contributed by atoms with Crippen molar-refractivity contribution in [1.29, 1.82) is 0 Å². The first-order valence-electron chi connectivity index (χ1n) is 3.96. The lowest BCUT2D eigenvalue weighted by Gasteiger charge is -2.20. The fourth-order valence-electron chi connectivity index (χ4n) is 0.831. The van der Waals surface area contributed by atoms with Gasteiger partial charge >= 0.3 is 0 Å². The maximum absolute atomic E-state index is 11.1. The molecule has 0 aliphatic heterocycles. The van der Waals surface area contributed by atoms with Crippen LogP contribution in [0.2, 0.25) is 0 Å². The van der Waals surface area contributed by atoms with Crippen LogP contribution < -0.4 is 22.5 Å². The van der Waals surface area contributed by atoms with Crippen LogP contribution in [0.25, 0.3) is 0 Å². The predicted molar refractivity (Wildman–Crippen MR) is 48.4 cm³/mol. The van der Waals surface area contributed by atoms with Gasteiger partial charge in [-0.05, 0) is 0 Å². The molecule has 0 saturated carbocycles. The van der Waals surface area contributed by atoms with Gasteiger partial charge in [0.25, 0.3) is 22.0 Å². The number of rotatable bonds is 7. The smallest absolute Gasteiger partial charge is 0.295 e. The van der Waals surface area contributed by atoms with Gasteiger partial charge in [-0.25, -0.2) is 11.7 Å². The van der Waals surface area contributed by atoms with E-state index in [1.165, 1.54) is 10.9 Å². The van der Waals surface area contributed by atoms with Gasteiger partial charge in [0.1, 0.15) is 0 Å². The molecule has 0 aliphatic rings. The second-order valence-corrected chi connectivity index (χ2v) is 2.52. The molecule has 0 unspecified atom stereocenters. The van der Waals surface area contributed by atoms with E-state index >= 15 is 0 Å². The maximum atomic E-state index is 11.1. The van der Waals surface area contributed by atoms with E-state index in [1.807, 2.05) is 0 Å². The molecule has 102 valence electrons. The lowest BCUT2D eigenvalue weighted by atomic mass is 10.2. The topological polar surface area (TPSA) is 215 Å². The third-order valence-corrected chi connectivity index (χ3v) is 1.48. The van der Waals surface area contributed by atoms with Crippen molar-refractivity contribution in [1.82, 2.24) is 10.9 Å². The standard InChI is InChI=1S/C4H8N6O8/c5-7-3(11)1(17-9(13)14)2(4(12)8-6)18-10(15)16/h1-2H,5-6H2,(H,7,11)(H,8,12)/t1-,2-/m1/s1. The number of hydrogen-bond acceptors (Lipinski definition) is 10. The summed E-state index contributed by atoms with van der Waals surface area (Å²) >= 11 is 0. The number of hydrogen-bond donors (Lipinski definition) is 4. The number of nitrogens with two attached hydrogens (primary N) is 2. The summed E-state index contributed by atoms with van der Waals surface area (Å²) in [4.78, 5) is 50.0. The van der Waals surface area contributed by atoms with Crippen LogP contribution in [-0.4, -0.2) is 34.2 Å². The molecule has 0 fully saturated rings. The van der Waals surface area contributed by atoms with E-state index in [0.717, 1.165) is 0 Å². The first-order chi connectivity index (χ1) is 8.33. The van der Waals surface area contributed by atoms with Gasteiger partial charge in [-0.3, -0.25) is 30.1 Å². The molecule has 2 atom stereocenters. The van der Waals surface area contributed by atoms with Crippen molar-refractivity contribution in [2.24, 2.45) is 11.7 Å². The second-order valence-electron chi connectivity index (χ2n) is 2.52. The molecule has 2 amide bonds. The zero-order valence-electron chi connectivity index (χ0n) is 8.47. The van der Waals surface area contributed by atoms with Gasteiger partial charge in [0, 0.05) is 0 Å². The molecule has 6 N–H and O–H groups in total. The summed E-state index contributed by atoms with van der Waals surface area (Å²) < 4.78 is 0. The third-order valence-electron chi connectivity index (χ3n) is 1.48. The van der Waals surface area contributed by atoms with Crippen LogP contribution in [0.15, 0.2) is 0 Å². The lowest BCUT2D eigenvalue weighted by molar-refractivity contribution is -0.792. The van der Waals surface area contributed by atoms with Crippen LogP contribution in [0, 0.1) is 20.2 Å². The Morgan fingerprint density at radius 2 is 1.22 bits per heavy atom. The summed E-state index contributed by atoms with van der Waals surface area (Å²) in [5.41, 5.74) is 2.82. The number of hydrazine groups is 2. The number of nitrogens with zero attached hydrogens (tertiary/aromatic N) is 2. The average Bonchev–Trinajstić information content (AvgIpc) is 2.30. The molecular weight excluding hydrogens is 260 g/mol. The molecule has 14 nitrogen and oxygen atoms in total. The van der Waals surface area contributed by atoms with E-state index in [9.17, 15) is 29.8 Å². The van der Waals surface area contributed by atoms with Gasteiger partial charge in [0.05, 0.1) is 0 Å². The fraction of sp³-hybridized carbons (Fsp3) is 0.500. The Morgan fingerprint density at radius 3 is 1.39 bits per heavy atom. The SMILES string of the molecule is NNC(=O)[C@H](O[N+](=O)[O-])[C@@H](O[N+](=O)[O-])C(=O)NN. The van der Waals surface area contributed by atoms with E-state index in [4.69, 9.17) is 0 Å². The average molecular weight is 268 g/mol. The first-order valence-corrected chi connectivity index (χ1v) is 3.96.